The highest BCUT2D eigenvalue weighted by Gasteiger charge is 2.38. The first-order valence-corrected chi connectivity index (χ1v) is 13.8. The second-order valence-electron chi connectivity index (χ2n) is 9.73. The molecular weight excluding hydrogens is 478 g/mol. The van der Waals surface area contributed by atoms with Crippen molar-refractivity contribution in [2.24, 2.45) is 0 Å². The van der Waals surface area contributed by atoms with Crippen LogP contribution in [0.15, 0.2) is 48.5 Å². The Morgan fingerprint density at radius 1 is 0.921 bits per heavy atom. The zero-order valence-corrected chi connectivity index (χ0v) is 22.6. The number of hydrogen-bond acceptors (Lipinski definition) is 7. The van der Waals surface area contributed by atoms with Crippen LogP contribution in [0.3, 0.4) is 0 Å². The molecule has 2 aromatic heterocycles. The summed E-state index contributed by atoms with van der Waals surface area (Å²) < 4.78 is 14.4. The summed E-state index contributed by atoms with van der Waals surface area (Å²) >= 11 is 0. The molecule has 1 aliphatic carbocycles. The van der Waals surface area contributed by atoms with Gasteiger partial charge in [-0.2, -0.15) is 0 Å². The van der Waals surface area contributed by atoms with E-state index in [2.05, 4.69) is 62.6 Å². The third-order valence-corrected chi connectivity index (χ3v) is 7.34. The van der Waals surface area contributed by atoms with E-state index < -0.39 is 5.79 Å². The Balaban J connectivity index is 1.46. The van der Waals surface area contributed by atoms with Crippen molar-refractivity contribution >= 4 is 0 Å². The summed E-state index contributed by atoms with van der Waals surface area (Å²) in [5.74, 6) is 1.34. The average molecular weight is 516 g/mol. The Bertz CT molecular complexity index is 1290. The summed E-state index contributed by atoms with van der Waals surface area (Å²) in [6.45, 7) is 7.11. The molecular formula is C29H37N7O2. The Morgan fingerprint density at radius 2 is 1.63 bits per heavy atom. The molecule has 1 fully saturated rings. The Hall–Kier alpha value is -3.43. The molecule has 0 bridgehead atoms. The van der Waals surface area contributed by atoms with E-state index in [9.17, 15) is 0 Å². The van der Waals surface area contributed by atoms with Gasteiger partial charge >= 0.3 is 0 Å². The van der Waals surface area contributed by atoms with E-state index in [0.29, 0.717) is 43.7 Å². The van der Waals surface area contributed by atoms with Crippen molar-refractivity contribution in [1.29, 1.82) is 0 Å². The van der Waals surface area contributed by atoms with Crippen LogP contribution in [-0.4, -0.2) is 48.6 Å². The van der Waals surface area contributed by atoms with Gasteiger partial charge in [0.25, 0.3) is 0 Å². The lowest BCUT2D eigenvalue weighted by Crippen LogP contribution is -2.34. The number of H-pyrrole nitrogens is 1. The lowest BCUT2D eigenvalue weighted by molar-refractivity contribution is -0.249. The fourth-order valence-electron chi connectivity index (χ4n) is 5.45. The number of nitrogens with zero attached hydrogens (tertiary/aromatic N) is 6. The number of tetrazole rings is 1. The monoisotopic (exact) mass is 515 g/mol. The lowest BCUT2D eigenvalue weighted by atomic mass is 9.95. The van der Waals surface area contributed by atoms with Crippen molar-refractivity contribution in [1.82, 2.24) is 35.4 Å². The van der Waals surface area contributed by atoms with Crippen molar-refractivity contribution in [2.45, 2.75) is 77.5 Å². The largest absolute Gasteiger partial charge is 0.344 e. The summed E-state index contributed by atoms with van der Waals surface area (Å²) in [7, 11) is 0. The quantitative estimate of drug-likeness (QED) is 0.250. The minimum Gasteiger partial charge on any atom is -0.344 e. The Kier molecular flexibility index (Phi) is 8.24. The molecule has 200 valence electrons. The minimum absolute atomic E-state index is 0.361. The molecule has 0 spiro atoms. The molecule has 1 N–H and O–H groups in total. The van der Waals surface area contributed by atoms with Gasteiger partial charge in [-0.3, -0.25) is 0 Å². The maximum Gasteiger partial charge on any atom is 0.231 e. The number of hydrogen-bond donors (Lipinski definition) is 1. The maximum absolute atomic E-state index is 6.14. The normalized spacial score (nSPS) is 14.7. The Labute approximate surface area is 224 Å². The highest BCUT2D eigenvalue weighted by molar-refractivity contribution is 5.80. The van der Waals surface area contributed by atoms with Crippen molar-refractivity contribution in [3.63, 3.8) is 0 Å². The molecule has 0 unspecified atom stereocenters. The average Bonchev–Trinajstić information content (AvgIpc) is 3.65. The van der Waals surface area contributed by atoms with Gasteiger partial charge in [-0.15, -0.1) is 10.2 Å². The van der Waals surface area contributed by atoms with Crippen LogP contribution < -0.4 is 0 Å². The topological polar surface area (TPSA) is 104 Å². The van der Waals surface area contributed by atoms with Crippen molar-refractivity contribution in [3.8, 4) is 22.5 Å². The standard InChI is InChI=1S/C29H37N7O2/c1-4-29(37-5-2,38-6-3)28-30-26(36(33-28)23-12-8-7-9-13-23)20-21-16-18-22(19-17-21)24-14-10-11-15-25(24)27-31-34-35-32-27/h10-11,14-19,23H,4-9,12-13,20H2,1-3H3,(H,31,32,34,35). The van der Waals surface area contributed by atoms with Crippen LogP contribution in [0.4, 0.5) is 0 Å². The minimum atomic E-state index is -0.915. The van der Waals surface area contributed by atoms with Crippen LogP contribution in [-0.2, 0) is 21.7 Å². The van der Waals surface area contributed by atoms with E-state index in [0.717, 1.165) is 35.4 Å². The third-order valence-electron chi connectivity index (χ3n) is 7.34. The molecule has 1 saturated carbocycles. The molecule has 0 aliphatic heterocycles. The van der Waals surface area contributed by atoms with Gasteiger partial charge in [-0.1, -0.05) is 74.7 Å². The molecule has 4 aromatic rings. The second kappa shape index (κ2) is 12.0. The highest BCUT2D eigenvalue weighted by Crippen LogP contribution is 2.34. The van der Waals surface area contributed by atoms with Crippen molar-refractivity contribution in [3.05, 3.63) is 65.7 Å². The van der Waals surface area contributed by atoms with Gasteiger partial charge in [0.2, 0.25) is 11.6 Å². The smallest absolute Gasteiger partial charge is 0.231 e. The number of aromatic amines is 1. The van der Waals surface area contributed by atoms with Gasteiger partial charge in [0.05, 0.1) is 6.04 Å². The van der Waals surface area contributed by atoms with E-state index in [1.807, 2.05) is 32.0 Å². The SMILES string of the molecule is CCOC(CC)(OCC)c1nc(Cc2ccc(-c3ccccc3-c3nnn[nH]3)cc2)n(C2CCCCC2)n1. The number of aromatic nitrogens is 7. The first-order chi connectivity index (χ1) is 18.7. The van der Waals surface area contributed by atoms with Gasteiger partial charge in [-0.25, -0.2) is 14.8 Å². The number of benzene rings is 2. The highest BCUT2D eigenvalue weighted by atomic mass is 16.7. The van der Waals surface area contributed by atoms with E-state index in [1.165, 1.54) is 24.8 Å². The van der Waals surface area contributed by atoms with Crippen LogP contribution in [0.2, 0.25) is 0 Å². The van der Waals surface area contributed by atoms with E-state index >= 15 is 0 Å². The first kappa shape index (κ1) is 26.2. The summed E-state index contributed by atoms with van der Waals surface area (Å²) in [4.78, 5) is 5.07. The molecule has 1 aliphatic rings. The van der Waals surface area contributed by atoms with Gasteiger partial charge in [0.1, 0.15) is 5.82 Å². The molecule has 2 heterocycles. The molecule has 2 aromatic carbocycles. The van der Waals surface area contributed by atoms with Crippen LogP contribution in [0.5, 0.6) is 0 Å². The van der Waals surface area contributed by atoms with E-state index in [4.69, 9.17) is 19.6 Å². The predicted molar refractivity (Wildman–Crippen MR) is 145 cm³/mol. The summed E-state index contributed by atoms with van der Waals surface area (Å²) in [6, 6.07) is 17.1. The molecule has 0 amide bonds. The van der Waals surface area contributed by atoms with Gasteiger partial charge in [0.15, 0.2) is 5.82 Å². The molecule has 38 heavy (non-hydrogen) atoms. The molecule has 9 heteroatoms. The summed E-state index contributed by atoms with van der Waals surface area (Å²) in [5.41, 5.74) is 4.33. The lowest BCUT2D eigenvalue weighted by Gasteiger charge is -2.29. The van der Waals surface area contributed by atoms with Crippen molar-refractivity contribution in [2.75, 3.05) is 13.2 Å². The number of rotatable bonds is 11. The van der Waals surface area contributed by atoms with E-state index in [1.54, 1.807) is 0 Å². The van der Waals surface area contributed by atoms with Crippen molar-refractivity contribution < 1.29 is 9.47 Å². The zero-order chi connectivity index (χ0) is 26.4. The number of nitrogens with one attached hydrogen (secondary N) is 1. The molecule has 9 nitrogen and oxygen atoms in total. The number of ether oxygens (including phenoxy) is 2. The summed E-state index contributed by atoms with van der Waals surface area (Å²) in [6.07, 6.45) is 7.34. The fraction of sp³-hybridized carbons (Fsp3) is 0.483. The second-order valence-corrected chi connectivity index (χ2v) is 9.73. The molecule has 0 atom stereocenters. The van der Waals surface area contributed by atoms with Crippen LogP contribution >= 0.6 is 0 Å². The first-order valence-electron chi connectivity index (χ1n) is 13.8. The molecule has 0 saturated heterocycles. The van der Waals surface area contributed by atoms with E-state index in [-0.39, 0.29) is 0 Å². The third kappa shape index (κ3) is 5.39. The predicted octanol–water partition coefficient (Wildman–Crippen LogP) is 5.86. The summed E-state index contributed by atoms with van der Waals surface area (Å²) in [5, 5.41) is 19.5. The zero-order valence-electron chi connectivity index (χ0n) is 22.6. The Morgan fingerprint density at radius 3 is 2.26 bits per heavy atom. The van der Waals surface area contributed by atoms with Gasteiger partial charge in [0, 0.05) is 31.6 Å². The molecule has 0 radical (unpaired) electrons. The molecule has 5 rings (SSSR count). The van der Waals surface area contributed by atoms with Gasteiger partial charge in [-0.05, 0) is 53.8 Å². The van der Waals surface area contributed by atoms with Crippen LogP contribution in [0.25, 0.3) is 22.5 Å². The van der Waals surface area contributed by atoms with Crippen LogP contribution in [0, 0.1) is 0 Å². The maximum atomic E-state index is 6.14. The fourth-order valence-corrected chi connectivity index (χ4v) is 5.45. The van der Waals surface area contributed by atoms with Crippen LogP contribution in [0.1, 0.15) is 82.6 Å². The van der Waals surface area contributed by atoms with Gasteiger partial charge < -0.3 is 9.47 Å².